The Kier molecular flexibility index (Phi) is 11.7. The van der Waals surface area contributed by atoms with Gasteiger partial charge in [-0.2, -0.15) is 0 Å². The average molecular weight is 1150 g/mol. The summed E-state index contributed by atoms with van der Waals surface area (Å²) in [4.78, 5) is 0. The molecule has 0 radical (unpaired) electrons. The molecule has 11 atom stereocenters. The predicted molar refractivity (Wildman–Crippen MR) is 283 cm³/mol. The molecule has 5 heterocycles. The largest absolute Gasteiger partial charge is 0.508 e. The maximum atomic E-state index is 13.2. The molecule has 5 aliphatic rings. The molecule has 5 aliphatic heterocycles. The van der Waals surface area contributed by atoms with E-state index in [4.69, 9.17) is 23.7 Å². The number of fused-ring (bicyclic) bond motifs is 10. The van der Waals surface area contributed by atoms with Crippen molar-refractivity contribution in [1.82, 2.24) is 0 Å². The van der Waals surface area contributed by atoms with E-state index in [1.165, 1.54) is 24.3 Å². The van der Waals surface area contributed by atoms with Crippen LogP contribution in [0.5, 0.6) is 115 Å². The number of phenolic OH excluding ortho intramolecular Hbond substituents is 15. The van der Waals surface area contributed by atoms with Gasteiger partial charge < -0.3 is 121 Å². The highest BCUT2D eigenvalue weighted by Gasteiger charge is 2.62. The highest BCUT2D eigenvalue weighted by Crippen LogP contribution is 2.68. The van der Waals surface area contributed by atoms with Crippen LogP contribution in [0.2, 0.25) is 0 Å². The number of rotatable bonds is 6. The number of aliphatic hydroxyl groups is 4. The van der Waals surface area contributed by atoms with Crippen molar-refractivity contribution in [2.45, 2.75) is 72.7 Å². The van der Waals surface area contributed by atoms with E-state index in [0.717, 1.165) is 78.9 Å². The lowest BCUT2D eigenvalue weighted by Gasteiger charge is -2.52. The summed E-state index contributed by atoms with van der Waals surface area (Å²) in [6.07, 6.45) is -12.8. The van der Waals surface area contributed by atoms with Crippen LogP contribution in [0, 0.1) is 0 Å². The van der Waals surface area contributed by atoms with Crippen molar-refractivity contribution in [3.05, 3.63) is 164 Å². The van der Waals surface area contributed by atoms with E-state index in [1.54, 1.807) is 0 Å². The topological polar surface area (TPSA) is 431 Å². The smallest absolute Gasteiger partial charge is 0.305 e. The average Bonchev–Trinajstić information content (AvgIpc) is 0.890. The maximum Gasteiger partial charge on any atom is 0.305 e. The van der Waals surface area contributed by atoms with Crippen LogP contribution < -0.4 is 23.7 Å². The summed E-state index contributed by atoms with van der Waals surface area (Å²) in [5.74, 6) is -20.4. The van der Waals surface area contributed by atoms with E-state index < -0.39 is 193 Å². The minimum Gasteiger partial charge on any atom is -0.508 e. The molecule has 24 nitrogen and oxygen atoms in total. The molecule has 0 unspecified atom stereocenters. The molecule has 8 aromatic rings. The zero-order chi connectivity index (χ0) is 59.4. The molecular weight excluding hydrogens is 1100 g/mol. The van der Waals surface area contributed by atoms with Crippen molar-refractivity contribution in [1.29, 1.82) is 0 Å². The van der Waals surface area contributed by atoms with Crippen LogP contribution in [0.4, 0.5) is 0 Å². The third-order valence-electron chi connectivity index (χ3n) is 16.4. The van der Waals surface area contributed by atoms with E-state index in [2.05, 4.69) is 0 Å². The second-order valence-electron chi connectivity index (χ2n) is 21.2. The van der Waals surface area contributed by atoms with Gasteiger partial charge in [0.1, 0.15) is 93.4 Å². The molecule has 0 saturated heterocycles. The van der Waals surface area contributed by atoms with E-state index in [0.29, 0.717) is 0 Å². The van der Waals surface area contributed by atoms with Crippen LogP contribution in [0.15, 0.2) is 103 Å². The Hall–Kier alpha value is -10.4. The van der Waals surface area contributed by atoms with Crippen molar-refractivity contribution in [2.75, 3.05) is 0 Å². The molecule has 84 heavy (non-hydrogen) atoms. The van der Waals surface area contributed by atoms with Crippen molar-refractivity contribution in [3.8, 4) is 115 Å². The zero-order valence-corrected chi connectivity index (χ0v) is 42.8. The molecule has 0 amide bonds. The molecule has 19 N–H and O–H groups in total. The number of ether oxygens (including phenoxy) is 5. The van der Waals surface area contributed by atoms with E-state index in [9.17, 15) is 97.0 Å². The molecule has 0 aliphatic carbocycles. The van der Waals surface area contributed by atoms with Gasteiger partial charge in [0, 0.05) is 81.3 Å². The molecule has 0 saturated carbocycles. The van der Waals surface area contributed by atoms with Gasteiger partial charge in [-0.1, -0.05) is 18.2 Å². The van der Waals surface area contributed by atoms with Gasteiger partial charge in [0.05, 0.1) is 23.9 Å². The number of aliphatic hydroxyl groups excluding tert-OH is 4. The Morgan fingerprint density at radius 3 is 1.36 bits per heavy atom. The number of hydrogen-bond donors (Lipinski definition) is 19. The lowest BCUT2D eigenvalue weighted by molar-refractivity contribution is -0.219. The number of benzene rings is 8. The predicted octanol–water partition coefficient (Wildman–Crippen LogP) is 5.69. The molecule has 0 aromatic heterocycles. The lowest BCUT2D eigenvalue weighted by atomic mass is 9.70. The summed E-state index contributed by atoms with van der Waals surface area (Å²) in [5.41, 5.74) is -2.64. The summed E-state index contributed by atoms with van der Waals surface area (Å²) in [7, 11) is 0. The van der Waals surface area contributed by atoms with Crippen LogP contribution >= 0.6 is 0 Å². The summed E-state index contributed by atoms with van der Waals surface area (Å²) in [6, 6.07) is 18.2. The summed E-state index contributed by atoms with van der Waals surface area (Å²) in [5, 5.41) is 218. The van der Waals surface area contributed by atoms with Crippen molar-refractivity contribution >= 4 is 0 Å². The summed E-state index contributed by atoms with van der Waals surface area (Å²) < 4.78 is 32.9. The van der Waals surface area contributed by atoms with Crippen LogP contribution in [0.25, 0.3) is 0 Å². The standard InChI is InChI=1S/C60H48O24/c61-23-13-34(71)42-40(14-23)80-54(20-2-6-26(63)31(68)10-20)51(77)48(42)45-36(73)17-37(74)46-50-47-41(83-60(59(50)79,84-58(45)46)22-4-8-28(65)33(70)12-22)18-38(75)44-49(52(78)55(82-57(44)47)21-3-7-27(64)32(69)11-21)43-35(72)16-29(66)24-15-39(76)53(81-56(24)43)19-1-5-25(62)30(67)9-19/h1-14,16-18,39,48-55,59,61-79H,15H2/t39-,48+,49-,50+,51+,52+,53+,54+,55+,59-,60-/m0/s1. The maximum absolute atomic E-state index is 13.2. The first-order chi connectivity index (χ1) is 40.0. The van der Waals surface area contributed by atoms with Gasteiger partial charge >= 0.3 is 5.79 Å². The van der Waals surface area contributed by atoms with Crippen molar-refractivity contribution < 1.29 is 121 Å². The molecule has 13 rings (SSSR count). The molecule has 2 bridgehead atoms. The van der Waals surface area contributed by atoms with E-state index in [1.807, 2.05) is 0 Å². The Labute approximate surface area is 471 Å². The minimum atomic E-state index is -2.72. The first-order valence-electron chi connectivity index (χ1n) is 25.8. The van der Waals surface area contributed by atoms with Gasteiger partial charge in [0.25, 0.3) is 0 Å². The van der Waals surface area contributed by atoms with E-state index in [-0.39, 0.29) is 56.0 Å². The number of aromatic hydroxyl groups is 15. The first kappa shape index (κ1) is 52.9. The summed E-state index contributed by atoms with van der Waals surface area (Å²) >= 11 is 0. The van der Waals surface area contributed by atoms with Crippen LogP contribution in [0.3, 0.4) is 0 Å². The van der Waals surface area contributed by atoms with E-state index >= 15 is 0 Å². The fraction of sp³-hybridized carbons (Fsp3) is 0.200. The number of hydrogen-bond acceptors (Lipinski definition) is 24. The molecule has 432 valence electrons. The van der Waals surface area contributed by atoms with Gasteiger partial charge in [-0.15, -0.1) is 0 Å². The van der Waals surface area contributed by atoms with Gasteiger partial charge in [-0.25, -0.2) is 0 Å². The zero-order valence-electron chi connectivity index (χ0n) is 42.8. The Morgan fingerprint density at radius 2 is 0.786 bits per heavy atom. The third-order valence-corrected chi connectivity index (χ3v) is 16.4. The van der Waals surface area contributed by atoms with Gasteiger partial charge in [-0.3, -0.25) is 0 Å². The van der Waals surface area contributed by atoms with Crippen LogP contribution in [-0.2, 0) is 12.2 Å². The lowest BCUT2D eigenvalue weighted by Crippen LogP contribution is -2.58. The van der Waals surface area contributed by atoms with Gasteiger partial charge in [0.15, 0.2) is 58.2 Å². The third kappa shape index (κ3) is 7.68. The highest BCUT2D eigenvalue weighted by molar-refractivity contribution is 5.74. The molecule has 24 heteroatoms. The fourth-order valence-corrected chi connectivity index (χ4v) is 12.5. The monoisotopic (exact) mass is 1150 g/mol. The minimum absolute atomic E-state index is 0.0134. The quantitative estimate of drug-likeness (QED) is 0.0889. The highest BCUT2D eigenvalue weighted by atomic mass is 16.7. The Balaban J connectivity index is 1.09. The number of phenols is 15. The molecule has 8 aromatic carbocycles. The molecule has 0 spiro atoms. The van der Waals surface area contributed by atoms with Gasteiger partial charge in [0.2, 0.25) is 0 Å². The van der Waals surface area contributed by atoms with Gasteiger partial charge in [-0.05, 0) is 71.3 Å². The normalized spacial score (nSPS) is 25.1. The first-order valence-corrected chi connectivity index (χ1v) is 25.8. The second kappa shape index (κ2) is 18.6. The van der Waals surface area contributed by atoms with Crippen molar-refractivity contribution in [2.24, 2.45) is 0 Å². The molecule has 0 fully saturated rings. The van der Waals surface area contributed by atoms with Crippen LogP contribution in [0.1, 0.15) is 97.3 Å². The Morgan fingerprint density at radius 1 is 0.333 bits per heavy atom. The fourth-order valence-electron chi connectivity index (χ4n) is 12.5. The summed E-state index contributed by atoms with van der Waals surface area (Å²) in [6.45, 7) is 0. The Bertz CT molecular complexity index is 4110. The SMILES string of the molecule is Oc1cc(O)c2c(c1)O[C@H](c1ccc(O)c(O)c1)[C@H](O)[C@H]2c1c(O)cc(O)c2c1O[C@]1(c3ccc(O)c(O)c3)Oc3cc(O)c4c(c3[C@@H]2[C@@H]1O)O[C@H](c1ccc(O)c(O)c1)[C@H](O)[C@H]4c1c(O)cc(O)c2c1O[C@H](c1ccc(O)c(O)c1)[C@@H](O)C2. The van der Waals surface area contributed by atoms with Crippen molar-refractivity contribution in [3.63, 3.8) is 0 Å². The second-order valence-corrected chi connectivity index (χ2v) is 21.2. The molecular formula is C60H48O24. The van der Waals surface area contributed by atoms with Crippen LogP contribution in [-0.4, -0.2) is 121 Å².